The first-order chi connectivity index (χ1) is 10.6. The summed E-state index contributed by atoms with van der Waals surface area (Å²) in [4.78, 5) is 2.11. The van der Waals surface area contributed by atoms with Gasteiger partial charge in [0.2, 0.25) is 0 Å². The lowest BCUT2D eigenvalue weighted by molar-refractivity contribution is -0.670. The maximum atomic E-state index is 2.19. The molecule has 2 aromatic carbocycles. The number of hydrogen-bond acceptors (Lipinski definition) is 1. The zero-order valence-corrected chi connectivity index (χ0v) is 13.3. The van der Waals surface area contributed by atoms with Crippen LogP contribution in [-0.4, -0.2) is 14.1 Å². The molecule has 0 radical (unpaired) electrons. The van der Waals surface area contributed by atoms with Gasteiger partial charge >= 0.3 is 0 Å². The number of hydrogen-bond donors (Lipinski definition) is 0. The van der Waals surface area contributed by atoms with Crippen LogP contribution in [0.5, 0.6) is 0 Å². The maximum absolute atomic E-state index is 2.19. The van der Waals surface area contributed by atoms with Crippen LogP contribution in [0.3, 0.4) is 0 Å². The summed E-state index contributed by atoms with van der Waals surface area (Å²) in [5.41, 5.74) is 3.66. The Morgan fingerprint density at radius 2 is 1.59 bits per heavy atom. The molecule has 1 heterocycles. The van der Waals surface area contributed by atoms with Crippen molar-refractivity contribution >= 4 is 28.6 Å². The summed E-state index contributed by atoms with van der Waals surface area (Å²) in [6, 6.07) is 17.1. The zero-order chi connectivity index (χ0) is 15.5. The molecule has 0 aliphatic heterocycles. The van der Waals surface area contributed by atoms with Gasteiger partial charge in [0.25, 0.3) is 0 Å². The summed E-state index contributed by atoms with van der Waals surface area (Å²) in [6.07, 6.45) is 8.67. The number of fused-ring (bicyclic) bond motifs is 1. The van der Waals surface area contributed by atoms with Gasteiger partial charge in [-0.25, -0.2) is 4.57 Å². The second-order valence-corrected chi connectivity index (χ2v) is 5.79. The second kappa shape index (κ2) is 6.02. The Kier molecular flexibility index (Phi) is 3.92. The molecule has 1 aromatic heterocycles. The van der Waals surface area contributed by atoms with E-state index in [4.69, 9.17) is 0 Å². The van der Waals surface area contributed by atoms with Crippen LogP contribution in [0, 0.1) is 0 Å². The van der Waals surface area contributed by atoms with E-state index in [1.807, 2.05) is 0 Å². The Morgan fingerprint density at radius 3 is 2.32 bits per heavy atom. The molecule has 22 heavy (non-hydrogen) atoms. The van der Waals surface area contributed by atoms with E-state index < -0.39 is 0 Å². The summed E-state index contributed by atoms with van der Waals surface area (Å²) in [5, 5.41) is 2.54. The first-order valence-corrected chi connectivity index (χ1v) is 7.47. The molecular weight excluding hydrogens is 268 g/mol. The molecule has 3 aromatic rings. The third kappa shape index (κ3) is 3.01. The minimum absolute atomic E-state index is 1.21. The number of rotatable bonds is 3. The fourth-order valence-corrected chi connectivity index (χ4v) is 2.62. The average molecular weight is 289 g/mol. The van der Waals surface area contributed by atoms with Crippen molar-refractivity contribution in [3.63, 3.8) is 0 Å². The molecule has 2 heteroatoms. The highest BCUT2D eigenvalue weighted by Gasteiger charge is 2.04. The van der Waals surface area contributed by atoms with E-state index in [9.17, 15) is 0 Å². The van der Waals surface area contributed by atoms with Crippen LogP contribution in [0.1, 0.15) is 11.1 Å². The lowest BCUT2D eigenvalue weighted by Gasteiger charge is -2.11. The van der Waals surface area contributed by atoms with Crippen LogP contribution in [0.25, 0.3) is 22.9 Å². The van der Waals surface area contributed by atoms with E-state index in [0.717, 1.165) is 0 Å². The third-order valence-electron chi connectivity index (χ3n) is 3.82. The Balaban J connectivity index is 1.95. The van der Waals surface area contributed by atoms with Crippen LogP contribution in [0.4, 0.5) is 5.69 Å². The van der Waals surface area contributed by atoms with Gasteiger partial charge in [-0.05, 0) is 29.8 Å². The number of benzene rings is 2. The van der Waals surface area contributed by atoms with Crippen molar-refractivity contribution in [1.29, 1.82) is 0 Å². The van der Waals surface area contributed by atoms with Crippen LogP contribution < -0.4 is 9.47 Å². The monoisotopic (exact) mass is 289 g/mol. The highest BCUT2D eigenvalue weighted by atomic mass is 15.1. The Labute approximate surface area is 131 Å². The van der Waals surface area contributed by atoms with Crippen LogP contribution in [0.15, 0.2) is 60.9 Å². The van der Waals surface area contributed by atoms with Crippen molar-refractivity contribution in [2.24, 2.45) is 7.05 Å². The van der Waals surface area contributed by atoms with Crippen LogP contribution in [-0.2, 0) is 7.05 Å². The molecule has 0 unspecified atom stereocenters. The van der Waals surface area contributed by atoms with Crippen molar-refractivity contribution in [2.75, 3.05) is 19.0 Å². The fourth-order valence-electron chi connectivity index (χ4n) is 2.62. The number of aromatic nitrogens is 1. The molecule has 0 amide bonds. The van der Waals surface area contributed by atoms with Gasteiger partial charge in [0.15, 0.2) is 12.4 Å². The standard InChI is InChI=1S/C20H21N2/c1-21(2)19-12-9-16(10-13-19)8-11-18-15-22(3)14-17-6-4-5-7-20(17)18/h4-15H,1-3H3/q+1/b11-8-. The Morgan fingerprint density at radius 1 is 0.864 bits per heavy atom. The molecule has 0 bridgehead atoms. The van der Waals surface area contributed by atoms with Crippen molar-refractivity contribution in [3.05, 3.63) is 72.1 Å². The first-order valence-electron chi connectivity index (χ1n) is 7.47. The van der Waals surface area contributed by atoms with Crippen molar-refractivity contribution in [1.82, 2.24) is 0 Å². The van der Waals surface area contributed by atoms with Crippen molar-refractivity contribution in [3.8, 4) is 0 Å². The van der Waals surface area contributed by atoms with E-state index in [1.165, 1.54) is 27.6 Å². The van der Waals surface area contributed by atoms with Gasteiger partial charge < -0.3 is 4.90 Å². The van der Waals surface area contributed by atoms with E-state index in [0.29, 0.717) is 0 Å². The summed E-state index contributed by atoms with van der Waals surface area (Å²) >= 11 is 0. The Bertz CT molecular complexity index is 815. The van der Waals surface area contributed by atoms with Crippen molar-refractivity contribution < 1.29 is 4.57 Å². The van der Waals surface area contributed by atoms with Gasteiger partial charge in [-0.3, -0.25) is 0 Å². The lowest BCUT2D eigenvalue weighted by atomic mass is 10.1. The van der Waals surface area contributed by atoms with Crippen LogP contribution >= 0.6 is 0 Å². The zero-order valence-electron chi connectivity index (χ0n) is 13.3. The van der Waals surface area contributed by atoms with Gasteiger partial charge in [0, 0.05) is 36.1 Å². The summed E-state index contributed by atoms with van der Waals surface area (Å²) in [6.45, 7) is 0. The summed E-state index contributed by atoms with van der Waals surface area (Å²) in [5.74, 6) is 0. The van der Waals surface area contributed by atoms with E-state index in [2.05, 4.69) is 104 Å². The molecule has 0 fully saturated rings. The van der Waals surface area contributed by atoms with E-state index in [1.54, 1.807) is 0 Å². The van der Waals surface area contributed by atoms with Gasteiger partial charge in [-0.2, -0.15) is 0 Å². The predicted octanol–water partition coefficient (Wildman–Crippen LogP) is 3.90. The SMILES string of the molecule is CN(C)c1ccc(/C=C\c2c[n+](C)cc3ccccc23)cc1. The number of anilines is 1. The molecule has 0 N–H and O–H groups in total. The predicted molar refractivity (Wildman–Crippen MR) is 94.8 cm³/mol. The van der Waals surface area contributed by atoms with Crippen molar-refractivity contribution in [2.45, 2.75) is 0 Å². The summed E-state index contributed by atoms with van der Waals surface area (Å²) in [7, 11) is 6.18. The lowest BCUT2D eigenvalue weighted by Crippen LogP contribution is -2.26. The number of pyridine rings is 1. The largest absolute Gasteiger partial charge is 0.378 e. The molecule has 0 spiro atoms. The molecule has 3 rings (SSSR count). The normalized spacial score (nSPS) is 11.2. The van der Waals surface area contributed by atoms with Crippen LogP contribution in [0.2, 0.25) is 0 Å². The second-order valence-electron chi connectivity index (χ2n) is 5.79. The molecular formula is C20H21N2+. The highest BCUT2D eigenvalue weighted by molar-refractivity contribution is 5.91. The quantitative estimate of drug-likeness (QED) is 0.663. The molecule has 0 atom stereocenters. The fraction of sp³-hybridized carbons (Fsp3) is 0.150. The maximum Gasteiger partial charge on any atom is 0.176 e. The third-order valence-corrected chi connectivity index (χ3v) is 3.82. The average Bonchev–Trinajstić information content (AvgIpc) is 2.52. The van der Waals surface area contributed by atoms with Gasteiger partial charge in [-0.1, -0.05) is 36.4 Å². The van der Waals surface area contributed by atoms with E-state index >= 15 is 0 Å². The first kappa shape index (κ1) is 14.3. The van der Waals surface area contributed by atoms with Gasteiger partial charge in [-0.15, -0.1) is 0 Å². The summed E-state index contributed by atoms with van der Waals surface area (Å²) < 4.78 is 2.11. The molecule has 0 saturated carbocycles. The smallest absolute Gasteiger partial charge is 0.176 e. The minimum atomic E-state index is 1.21. The minimum Gasteiger partial charge on any atom is -0.378 e. The molecule has 0 aliphatic rings. The van der Waals surface area contributed by atoms with Gasteiger partial charge in [0.1, 0.15) is 7.05 Å². The topological polar surface area (TPSA) is 7.12 Å². The number of nitrogens with zero attached hydrogens (tertiary/aromatic N) is 2. The van der Waals surface area contributed by atoms with E-state index in [-0.39, 0.29) is 0 Å². The molecule has 2 nitrogen and oxygen atoms in total. The molecule has 0 saturated heterocycles. The molecule has 110 valence electrons. The Hall–Kier alpha value is -2.61. The number of aryl methyl sites for hydroxylation is 1. The molecule has 0 aliphatic carbocycles. The van der Waals surface area contributed by atoms with Gasteiger partial charge in [0.05, 0.1) is 0 Å². The highest BCUT2D eigenvalue weighted by Crippen LogP contribution is 2.19.